The van der Waals surface area contributed by atoms with Gasteiger partial charge in [0, 0.05) is 6.20 Å². The molecule has 2 heterocycles. The molecule has 1 amide bonds. The second-order valence-corrected chi connectivity index (χ2v) is 2.55. The van der Waals surface area contributed by atoms with Crippen LogP contribution in [-0.2, 0) is 0 Å². The SMILES string of the molecule is NC(=O)c1ncccc1-n1nccn1. The summed E-state index contributed by atoms with van der Waals surface area (Å²) in [7, 11) is 0. The van der Waals surface area contributed by atoms with Crippen molar-refractivity contribution >= 4 is 5.91 Å². The Bertz CT molecular complexity index is 451. The van der Waals surface area contributed by atoms with Gasteiger partial charge in [0.15, 0.2) is 5.69 Å². The van der Waals surface area contributed by atoms with E-state index in [1.807, 2.05) is 0 Å². The van der Waals surface area contributed by atoms with Gasteiger partial charge in [-0.05, 0) is 12.1 Å². The normalized spacial score (nSPS) is 10.0. The molecule has 0 bridgehead atoms. The number of nitrogens with zero attached hydrogens (tertiary/aromatic N) is 4. The number of hydrogen-bond acceptors (Lipinski definition) is 4. The predicted molar refractivity (Wildman–Crippen MR) is 47.7 cm³/mol. The second-order valence-electron chi connectivity index (χ2n) is 2.55. The van der Waals surface area contributed by atoms with E-state index >= 15 is 0 Å². The summed E-state index contributed by atoms with van der Waals surface area (Å²) in [5.41, 5.74) is 5.78. The average molecular weight is 189 g/mol. The largest absolute Gasteiger partial charge is 0.364 e. The van der Waals surface area contributed by atoms with Gasteiger partial charge in [0.25, 0.3) is 5.91 Å². The summed E-state index contributed by atoms with van der Waals surface area (Å²) in [4.78, 5) is 16.2. The van der Waals surface area contributed by atoms with Gasteiger partial charge in [-0.25, -0.2) is 4.98 Å². The number of pyridine rings is 1. The topological polar surface area (TPSA) is 86.7 Å². The monoisotopic (exact) mass is 189 g/mol. The van der Waals surface area contributed by atoms with Gasteiger partial charge in [-0.2, -0.15) is 10.2 Å². The molecule has 0 aromatic carbocycles. The molecule has 0 unspecified atom stereocenters. The zero-order chi connectivity index (χ0) is 9.97. The molecule has 0 aliphatic carbocycles. The Morgan fingerprint density at radius 2 is 2.00 bits per heavy atom. The number of rotatable bonds is 2. The smallest absolute Gasteiger partial charge is 0.269 e. The van der Waals surface area contributed by atoms with E-state index in [0.29, 0.717) is 5.69 Å². The highest BCUT2D eigenvalue weighted by atomic mass is 16.1. The summed E-state index contributed by atoms with van der Waals surface area (Å²) in [5, 5.41) is 7.77. The van der Waals surface area contributed by atoms with E-state index in [0.717, 1.165) is 0 Å². The highest BCUT2D eigenvalue weighted by molar-refractivity contribution is 5.94. The maximum absolute atomic E-state index is 11.0. The molecular weight excluding hydrogens is 182 g/mol. The fourth-order valence-corrected chi connectivity index (χ4v) is 1.09. The van der Waals surface area contributed by atoms with Gasteiger partial charge in [-0.15, -0.1) is 4.80 Å². The molecule has 2 N–H and O–H groups in total. The fraction of sp³-hybridized carbons (Fsp3) is 0. The van der Waals surface area contributed by atoms with Crippen molar-refractivity contribution in [2.24, 2.45) is 5.73 Å². The predicted octanol–water partition coefficient (Wildman–Crippen LogP) is -0.239. The zero-order valence-corrected chi connectivity index (χ0v) is 7.16. The van der Waals surface area contributed by atoms with E-state index in [1.54, 1.807) is 12.1 Å². The summed E-state index contributed by atoms with van der Waals surface area (Å²) in [6.45, 7) is 0. The first kappa shape index (κ1) is 8.36. The van der Waals surface area contributed by atoms with E-state index in [-0.39, 0.29) is 5.69 Å². The van der Waals surface area contributed by atoms with Crippen molar-refractivity contribution in [2.75, 3.05) is 0 Å². The Morgan fingerprint density at radius 3 is 2.64 bits per heavy atom. The first-order valence-electron chi connectivity index (χ1n) is 3.90. The molecule has 2 rings (SSSR count). The van der Waals surface area contributed by atoms with Crippen LogP contribution in [0.25, 0.3) is 5.69 Å². The molecule has 0 aliphatic rings. The van der Waals surface area contributed by atoms with Crippen molar-refractivity contribution < 1.29 is 4.79 Å². The van der Waals surface area contributed by atoms with Crippen molar-refractivity contribution in [3.05, 3.63) is 36.4 Å². The maximum atomic E-state index is 11.0. The molecule has 6 heteroatoms. The molecule has 0 radical (unpaired) electrons. The minimum Gasteiger partial charge on any atom is -0.364 e. The first-order chi connectivity index (χ1) is 6.79. The Hall–Kier alpha value is -2.24. The van der Waals surface area contributed by atoms with Gasteiger partial charge >= 0.3 is 0 Å². The number of amides is 1. The van der Waals surface area contributed by atoms with Crippen LogP contribution < -0.4 is 5.73 Å². The van der Waals surface area contributed by atoms with Crippen LogP contribution >= 0.6 is 0 Å². The van der Waals surface area contributed by atoms with E-state index in [1.165, 1.54) is 23.4 Å². The number of nitrogens with two attached hydrogens (primary N) is 1. The van der Waals surface area contributed by atoms with Gasteiger partial charge < -0.3 is 5.73 Å². The van der Waals surface area contributed by atoms with Gasteiger partial charge in [-0.1, -0.05) is 0 Å². The Balaban J connectivity index is 2.58. The maximum Gasteiger partial charge on any atom is 0.269 e. The molecule has 2 aromatic rings. The highest BCUT2D eigenvalue weighted by Crippen LogP contribution is 2.07. The molecule has 2 aromatic heterocycles. The number of hydrogen-bond donors (Lipinski definition) is 1. The number of aromatic nitrogens is 4. The van der Waals surface area contributed by atoms with Crippen molar-refractivity contribution in [3.8, 4) is 5.69 Å². The Labute approximate surface area is 79.4 Å². The van der Waals surface area contributed by atoms with Crippen molar-refractivity contribution in [1.82, 2.24) is 20.0 Å². The minimum absolute atomic E-state index is 0.156. The van der Waals surface area contributed by atoms with Crippen LogP contribution in [0.15, 0.2) is 30.7 Å². The lowest BCUT2D eigenvalue weighted by molar-refractivity contribution is 0.0995. The Morgan fingerprint density at radius 1 is 1.29 bits per heavy atom. The second kappa shape index (κ2) is 3.25. The van der Waals surface area contributed by atoms with Crippen LogP contribution in [-0.4, -0.2) is 25.9 Å². The molecule has 0 saturated carbocycles. The van der Waals surface area contributed by atoms with Crippen LogP contribution in [0.2, 0.25) is 0 Å². The lowest BCUT2D eigenvalue weighted by Gasteiger charge is -2.02. The molecule has 0 saturated heterocycles. The summed E-state index contributed by atoms with van der Waals surface area (Å²) < 4.78 is 0. The third kappa shape index (κ3) is 1.33. The van der Waals surface area contributed by atoms with Crippen LogP contribution in [0.4, 0.5) is 0 Å². The van der Waals surface area contributed by atoms with E-state index < -0.39 is 5.91 Å². The summed E-state index contributed by atoms with van der Waals surface area (Å²) in [6, 6.07) is 3.36. The number of primary amides is 1. The van der Waals surface area contributed by atoms with E-state index in [2.05, 4.69) is 15.2 Å². The average Bonchev–Trinajstić information content (AvgIpc) is 2.70. The van der Waals surface area contributed by atoms with Crippen molar-refractivity contribution in [1.29, 1.82) is 0 Å². The number of carbonyl (C=O) groups excluding carboxylic acids is 1. The van der Waals surface area contributed by atoms with Crippen LogP contribution in [0.3, 0.4) is 0 Å². The fourth-order valence-electron chi connectivity index (χ4n) is 1.09. The molecule has 6 nitrogen and oxygen atoms in total. The standard InChI is InChI=1S/C8H7N5O/c9-8(14)7-6(2-1-3-10-7)13-11-4-5-12-13/h1-5H,(H2,9,14). The highest BCUT2D eigenvalue weighted by Gasteiger charge is 2.11. The molecule has 0 atom stereocenters. The van der Waals surface area contributed by atoms with Gasteiger partial charge in [-0.3, -0.25) is 4.79 Å². The van der Waals surface area contributed by atoms with E-state index in [9.17, 15) is 4.79 Å². The van der Waals surface area contributed by atoms with Crippen LogP contribution in [0, 0.1) is 0 Å². The van der Waals surface area contributed by atoms with Gasteiger partial charge in [0.2, 0.25) is 0 Å². The quantitative estimate of drug-likeness (QED) is 0.706. The van der Waals surface area contributed by atoms with E-state index in [4.69, 9.17) is 5.73 Å². The lowest BCUT2D eigenvalue weighted by Crippen LogP contribution is -2.17. The summed E-state index contributed by atoms with van der Waals surface area (Å²) in [6.07, 6.45) is 4.52. The lowest BCUT2D eigenvalue weighted by atomic mass is 10.3. The van der Waals surface area contributed by atoms with Crippen molar-refractivity contribution in [2.45, 2.75) is 0 Å². The summed E-state index contributed by atoms with van der Waals surface area (Å²) >= 11 is 0. The van der Waals surface area contributed by atoms with Crippen molar-refractivity contribution in [3.63, 3.8) is 0 Å². The third-order valence-electron chi connectivity index (χ3n) is 1.65. The molecule has 70 valence electrons. The zero-order valence-electron chi connectivity index (χ0n) is 7.16. The first-order valence-corrected chi connectivity index (χ1v) is 3.90. The van der Waals surface area contributed by atoms with Gasteiger partial charge in [0.05, 0.1) is 12.4 Å². The number of carbonyl (C=O) groups is 1. The Kier molecular flexibility index (Phi) is 1.94. The molecule has 0 aliphatic heterocycles. The molecule has 0 spiro atoms. The van der Waals surface area contributed by atoms with Crippen LogP contribution in [0.1, 0.15) is 10.5 Å². The summed E-state index contributed by atoms with van der Waals surface area (Å²) in [5.74, 6) is -0.599. The van der Waals surface area contributed by atoms with Gasteiger partial charge in [0.1, 0.15) is 5.69 Å². The molecule has 0 fully saturated rings. The molecule has 14 heavy (non-hydrogen) atoms. The van der Waals surface area contributed by atoms with Crippen LogP contribution in [0.5, 0.6) is 0 Å². The minimum atomic E-state index is -0.599. The molecular formula is C8H7N5O. The third-order valence-corrected chi connectivity index (χ3v) is 1.65.